The van der Waals surface area contributed by atoms with E-state index in [2.05, 4.69) is 10.6 Å². The first-order valence-corrected chi connectivity index (χ1v) is 6.09. The van der Waals surface area contributed by atoms with Crippen molar-refractivity contribution in [2.75, 3.05) is 23.8 Å². The summed E-state index contributed by atoms with van der Waals surface area (Å²) in [5.74, 6) is 0.0330. The summed E-state index contributed by atoms with van der Waals surface area (Å²) in [4.78, 5) is 21.9. The van der Waals surface area contributed by atoms with Crippen LogP contribution in [-0.2, 0) is 4.79 Å². The molecule has 0 saturated carbocycles. The van der Waals surface area contributed by atoms with Crippen LogP contribution in [-0.4, -0.2) is 24.0 Å². The van der Waals surface area contributed by atoms with Gasteiger partial charge in [-0.25, -0.2) is 0 Å². The smallest absolute Gasteiger partial charge is 0.296 e. The minimum Gasteiger partial charge on any atom is -0.481 e. The second-order valence-corrected chi connectivity index (χ2v) is 4.62. The Morgan fingerprint density at radius 2 is 2.30 bits per heavy atom. The van der Waals surface area contributed by atoms with E-state index in [4.69, 9.17) is 4.74 Å². The molecule has 1 amide bonds. The third-order valence-electron chi connectivity index (χ3n) is 2.73. The van der Waals surface area contributed by atoms with E-state index in [1.807, 2.05) is 19.9 Å². The van der Waals surface area contributed by atoms with Gasteiger partial charge in [0.25, 0.3) is 11.6 Å². The fourth-order valence-corrected chi connectivity index (χ4v) is 1.77. The van der Waals surface area contributed by atoms with Crippen LogP contribution in [0.2, 0.25) is 0 Å². The van der Waals surface area contributed by atoms with Gasteiger partial charge in [0.1, 0.15) is 5.69 Å². The number of anilines is 2. The van der Waals surface area contributed by atoms with Crippen molar-refractivity contribution in [2.45, 2.75) is 13.8 Å². The summed E-state index contributed by atoms with van der Waals surface area (Å²) < 4.78 is 5.17. The zero-order chi connectivity index (χ0) is 14.7. The second-order valence-electron chi connectivity index (χ2n) is 4.62. The Hall–Kier alpha value is -2.57. The molecule has 0 radical (unpaired) electrons. The van der Waals surface area contributed by atoms with Gasteiger partial charge in [-0.15, -0.1) is 0 Å². The van der Waals surface area contributed by atoms with Crippen LogP contribution in [0.3, 0.4) is 0 Å². The molecule has 1 aliphatic heterocycles. The standard InChI is InChI=1S/C13H15N3O4/c1-8(2)3-4-14-9-5-10-12(6-11(9)16(18)19)20-7-13(17)15-10/h3,5-6,14H,4,7H2,1-2H3,(H,15,17). The van der Waals surface area contributed by atoms with Crippen LogP contribution < -0.4 is 15.4 Å². The van der Waals surface area contributed by atoms with Gasteiger partial charge < -0.3 is 15.4 Å². The van der Waals surface area contributed by atoms with Crippen LogP contribution in [0.25, 0.3) is 0 Å². The first-order chi connectivity index (χ1) is 9.47. The molecule has 1 aromatic rings. The normalized spacial score (nSPS) is 12.8. The number of nitro benzene ring substituents is 1. The van der Waals surface area contributed by atoms with Gasteiger partial charge in [0.2, 0.25) is 0 Å². The minimum absolute atomic E-state index is 0.0814. The van der Waals surface area contributed by atoms with Gasteiger partial charge in [0.05, 0.1) is 16.7 Å². The summed E-state index contributed by atoms with van der Waals surface area (Å²) in [6, 6.07) is 2.84. The molecule has 7 nitrogen and oxygen atoms in total. The highest BCUT2D eigenvalue weighted by molar-refractivity contribution is 5.96. The Morgan fingerprint density at radius 3 is 2.95 bits per heavy atom. The van der Waals surface area contributed by atoms with Gasteiger partial charge in [-0.05, 0) is 19.9 Å². The fraction of sp³-hybridized carbons (Fsp3) is 0.308. The number of carbonyl (C=O) groups excluding carboxylic acids is 1. The molecular formula is C13H15N3O4. The van der Waals surface area contributed by atoms with Gasteiger partial charge >= 0.3 is 0 Å². The summed E-state index contributed by atoms with van der Waals surface area (Å²) in [6.07, 6.45) is 1.91. The third-order valence-corrected chi connectivity index (χ3v) is 2.73. The molecule has 0 spiro atoms. The lowest BCUT2D eigenvalue weighted by Crippen LogP contribution is -2.25. The van der Waals surface area contributed by atoms with Crippen molar-refractivity contribution in [1.29, 1.82) is 0 Å². The number of hydrogen-bond acceptors (Lipinski definition) is 5. The summed E-state index contributed by atoms with van der Waals surface area (Å²) >= 11 is 0. The Morgan fingerprint density at radius 1 is 1.55 bits per heavy atom. The number of nitrogens with zero attached hydrogens (tertiary/aromatic N) is 1. The molecule has 1 heterocycles. The van der Waals surface area contributed by atoms with Crippen LogP contribution in [0.1, 0.15) is 13.8 Å². The van der Waals surface area contributed by atoms with E-state index in [9.17, 15) is 14.9 Å². The van der Waals surface area contributed by atoms with Crippen molar-refractivity contribution >= 4 is 23.0 Å². The lowest BCUT2D eigenvalue weighted by atomic mass is 10.2. The minimum atomic E-state index is -0.481. The number of nitro groups is 1. The number of fused-ring (bicyclic) bond motifs is 1. The van der Waals surface area contributed by atoms with Crippen LogP contribution in [0.15, 0.2) is 23.8 Å². The van der Waals surface area contributed by atoms with Crippen molar-refractivity contribution in [3.63, 3.8) is 0 Å². The molecule has 20 heavy (non-hydrogen) atoms. The molecule has 106 valence electrons. The molecule has 1 aromatic carbocycles. The SMILES string of the molecule is CC(C)=CCNc1cc2c(cc1[N+](=O)[O-])OCC(=O)N2. The Bertz CT molecular complexity index is 592. The molecule has 0 atom stereocenters. The van der Waals surface area contributed by atoms with Crippen molar-refractivity contribution in [3.8, 4) is 5.75 Å². The van der Waals surface area contributed by atoms with Crippen molar-refractivity contribution in [3.05, 3.63) is 33.9 Å². The maximum absolute atomic E-state index is 11.3. The van der Waals surface area contributed by atoms with Gasteiger partial charge in [-0.3, -0.25) is 14.9 Å². The number of amides is 1. The molecule has 2 N–H and O–H groups in total. The molecule has 0 bridgehead atoms. The van der Waals surface area contributed by atoms with Crippen molar-refractivity contribution < 1.29 is 14.5 Å². The average molecular weight is 277 g/mol. The van der Waals surface area contributed by atoms with E-state index >= 15 is 0 Å². The highest BCUT2D eigenvalue weighted by Crippen LogP contribution is 2.37. The van der Waals surface area contributed by atoms with Gasteiger partial charge in [0, 0.05) is 6.54 Å². The Balaban J connectivity index is 2.33. The lowest BCUT2D eigenvalue weighted by Gasteiger charge is -2.18. The molecule has 1 aliphatic rings. The monoisotopic (exact) mass is 277 g/mol. The number of allylic oxidation sites excluding steroid dienone is 1. The number of ether oxygens (including phenoxy) is 1. The highest BCUT2D eigenvalue weighted by Gasteiger charge is 2.23. The van der Waals surface area contributed by atoms with Crippen LogP contribution >= 0.6 is 0 Å². The van der Waals surface area contributed by atoms with Crippen molar-refractivity contribution in [1.82, 2.24) is 0 Å². The average Bonchev–Trinajstić information content (AvgIpc) is 2.37. The van der Waals surface area contributed by atoms with Gasteiger partial charge in [-0.2, -0.15) is 0 Å². The van der Waals surface area contributed by atoms with E-state index in [0.29, 0.717) is 23.7 Å². The van der Waals surface area contributed by atoms with Crippen LogP contribution in [0.5, 0.6) is 5.75 Å². The Kier molecular flexibility index (Phi) is 3.88. The molecule has 0 aliphatic carbocycles. The molecule has 0 saturated heterocycles. The highest BCUT2D eigenvalue weighted by atomic mass is 16.6. The fourth-order valence-electron chi connectivity index (χ4n) is 1.77. The first-order valence-electron chi connectivity index (χ1n) is 6.09. The molecule has 2 rings (SSSR count). The van der Waals surface area contributed by atoms with Gasteiger partial charge in [-0.1, -0.05) is 11.6 Å². The molecular weight excluding hydrogens is 262 g/mol. The predicted molar refractivity (Wildman–Crippen MR) is 75.1 cm³/mol. The van der Waals surface area contributed by atoms with E-state index in [0.717, 1.165) is 5.57 Å². The first kappa shape index (κ1) is 13.9. The van der Waals surface area contributed by atoms with E-state index in [-0.39, 0.29) is 18.2 Å². The zero-order valence-corrected chi connectivity index (χ0v) is 11.2. The topological polar surface area (TPSA) is 93.5 Å². The second kappa shape index (κ2) is 5.60. The summed E-state index contributed by atoms with van der Waals surface area (Å²) in [6.45, 7) is 4.22. The number of nitrogens with one attached hydrogen (secondary N) is 2. The maximum atomic E-state index is 11.3. The van der Waals surface area contributed by atoms with E-state index in [1.165, 1.54) is 12.1 Å². The summed E-state index contributed by atoms with van der Waals surface area (Å²) in [5.41, 5.74) is 1.81. The Labute approximate surface area is 115 Å². The molecule has 0 unspecified atom stereocenters. The number of carbonyl (C=O) groups is 1. The third kappa shape index (κ3) is 3.05. The van der Waals surface area contributed by atoms with Crippen LogP contribution in [0, 0.1) is 10.1 Å². The predicted octanol–water partition coefficient (Wildman–Crippen LogP) is 2.30. The number of benzene rings is 1. The number of rotatable bonds is 4. The summed E-state index contributed by atoms with van der Waals surface area (Å²) in [7, 11) is 0. The van der Waals surface area contributed by atoms with E-state index in [1.54, 1.807) is 0 Å². The van der Waals surface area contributed by atoms with Crippen LogP contribution in [0.4, 0.5) is 17.1 Å². The van der Waals surface area contributed by atoms with Crippen molar-refractivity contribution in [2.24, 2.45) is 0 Å². The largest absolute Gasteiger partial charge is 0.481 e. The maximum Gasteiger partial charge on any atom is 0.296 e. The summed E-state index contributed by atoms with van der Waals surface area (Å²) in [5, 5.41) is 16.7. The molecule has 7 heteroatoms. The van der Waals surface area contributed by atoms with E-state index < -0.39 is 4.92 Å². The molecule has 0 aromatic heterocycles. The quantitative estimate of drug-likeness (QED) is 0.500. The van der Waals surface area contributed by atoms with Gasteiger partial charge in [0.15, 0.2) is 12.4 Å². The zero-order valence-electron chi connectivity index (χ0n) is 11.2. The number of hydrogen-bond donors (Lipinski definition) is 2. The lowest BCUT2D eigenvalue weighted by molar-refractivity contribution is -0.384. The molecule has 0 fully saturated rings.